The molecule has 0 bridgehead atoms. The normalized spacial score (nSPS) is 11.6. The lowest BCUT2D eigenvalue weighted by molar-refractivity contribution is -0.140. The molecule has 27 heavy (non-hydrogen) atoms. The van der Waals surface area contributed by atoms with Crippen molar-refractivity contribution in [3.05, 3.63) is 58.2 Å². The molecule has 11 heteroatoms. The highest BCUT2D eigenvalue weighted by molar-refractivity contribution is 6.33. The number of imidazole rings is 1. The van der Waals surface area contributed by atoms with Crippen LogP contribution in [0.15, 0.2) is 36.7 Å². The number of nitrogens with one attached hydrogen (secondary N) is 1. The molecule has 0 spiro atoms. The summed E-state index contributed by atoms with van der Waals surface area (Å²) in [6.45, 7) is -0.784. The lowest BCUT2D eigenvalue weighted by atomic mass is 10.1. The van der Waals surface area contributed by atoms with Crippen LogP contribution in [0.1, 0.15) is 11.3 Å². The number of nitrogens with zero attached hydrogens (tertiary/aromatic N) is 4. The fraction of sp³-hybridized carbons (Fsp3) is 0.188. The summed E-state index contributed by atoms with van der Waals surface area (Å²) in [4.78, 5) is 11.2. The van der Waals surface area contributed by atoms with E-state index in [2.05, 4.69) is 20.3 Å². The van der Waals surface area contributed by atoms with E-state index in [1.807, 2.05) is 0 Å². The monoisotopic (exact) mass is 419 g/mol. The van der Waals surface area contributed by atoms with Crippen molar-refractivity contribution in [3.63, 3.8) is 0 Å². The summed E-state index contributed by atoms with van der Waals surface area (Å²) in [6, 6.07) is 6.45. The zero-order valence-corrected chi connectivity index (χ0v) is 14.9. The van der Waals surface area contributed by atoms with Gasteiger partial charge in [-0.05, 0) is 17.2 Å². The predicted molar refractivity (Wildman–Crippen MR) is 93.2 cm³/mol. The summed E-state index contributed by atoms with van der Waals surface area (Å²) >= 11 is 11.7. The number of hydrogen-bond donors (Lipinski definition) is 1. The Morgan fingerprint density at radius 3 is 2.41 bits per heavy atom. The molecule has 1 N–H and O–H groups in total. The first-order valence-corrected chi connectivity index (χ1v) is 8.25. The third kappa shape index (κ3) is 4.48. The molecule has 142 valence electrons. The van der Waals surface area contributed by atoms with Gasteiger partial charge in [0, 0.05) is 18.3 Å². The van der Waals surface area contributed by atoms with Gasteiger partial charge in [-0.25, -0.2) is 14.4 Å². The minimum atomic E-state index is -4.64. The Balaban J connectivity index is 1.78. The second-order valence-electron chi connectivity index (χ2n) is 5.42. The van der Waals surface area contributed by atoms with Gasteiger partial charge in [0.05, 0.1) is 6.20 Å². The first-order valence-electron chi connectivity index (χ1n) is 7.49. The third-order valence-electron chi connectivity index (χ3n) is 3.58. The molecule has 0 aliphatic heterocycles. The van der Waals surface area contributed by atoms with E-state index in [1.54, 1.807) is 24.3 Å². The van der Waals surface area contributed by atoms with Crippen LogP contribution in [0, 0.1) is 0 Å². The molecule has 0 radical (unpaired) electrons. The third-order valence-corrected chi connectivity index (χ3v) is 4.04. The topological polar surface area (TPSA) is 55.6 Å². The number of anilines is 1. The zero-order valence-electron chi connectivity index (χ0n) is 13.4. The van der Waals surface area contributed by atoms with E-state index in [4.69, 9.17) is 23.2 Å². The van der Waals surface area contributed by atoms with Gasteiger partial charge < -0.3 is 9.88 Å². The Kier molecular flexibility index (Phi) is 5.52. The highest BCUT2D eigenvalue weighted by Crippen LogP contribution is 2.31. The Morgan fingerprint density at radius 1 is 1.07 bits per heavy atom. The maximum absolute atomic E-state index is 13.0. The second kappa shape index (κ2) is 7.69. The minimum absolute atomic E-state index is 0.0378. The maximum atomic E-state index is 13.0. The van der Waals surface area contributed by atoms with Crippen LogP contribution in [-0.2, 0) is 19.5 Å². The van der Waals surface area contributed by atoms with Crippen LogP contribution in [0.4, 0.5) is 23.4 Å². The molecule has 0 saturated carbocycles. The Morgan fingerprint density at radius 2 is 1.78 bits per heavy atom. The molecule has 0 aliphatic carbocycles. The molecule has 2 aromatic heterocycles. The van der Waals surface area contributed by atoms with Gasteiger partial charge >= 0.3 is 6.18 Å². The van der Waals surface area contributed by atoms with Crippen molar-refractivity contribution in [1.82, 2.24) is 19.5 Å². The maximum Gasteiger partial charge on any atom is 0.434 e. The summed E-state index contributed by atoms with van der Waals surface area (Å²) in [6.07, 6.45) is -2.64. The van der Waals surface area contributed by atoms with Crippen LogP contribution < -0.4 is 5.32 Å². The smallest absolute Gasteiger partial charge is 0.365 e. The molecular weight excluding hydrogens is 409 g/mol. The highest BCUT2D eigenvalue weighted by atomic mass is 35.5. The van der Waals surface area contributed by atoms with Crippen molar-refractivity contribution in [3.8, 4) is 11.4 Å². The summed E-state index contributed by atoms with van der Waals surface area (Å²) in [5.74, 6) is 0.249. The molecular formula is C16H11Cl2F4N5. The molecule has 0 amide bonds. The van der Waals surface area contributed by atoms with Gasteiger partial charge in [-0.3, -0.25) is 0 Å². The molecule has 0 aliphatic rings. The first kappa shape index (κ1) is 19.4. The van der Waals surface area contributed by atoms with Crippen molar-refractivity contribution < 1.29 is 17.6 Å². The van der Waals surface area contributed by atoms with Crippen LogP contribution in [0.25, 0.3) is 11.4 Å². The fourth-order valence-electron chi connectivity index (χ4n) is 2.30. The van der Waals surface area contributed by atoms with Crippen LogP contribution >= 0.6 is 23.2 Å². The molecule has 0 unspecified atom stereocenters. The SMILES string of the molecule is FCn1cc(C(F)(F)F)nc1-c1ccc(CNc2nc(Cl)ncc2Cl)cc1. The quantitative estimate of drug-likeness (QED) is 0.455. The van der Waals surface area contributed by atoms with E-state index in [0.29, 0.717) is 29.1 Å². The number of benzene rings is 1. The predicted octanol–water partition coefficient (Wildman–Crippen LogP) is 5.20. The van der Waals surface area contributed by atoms with Gasteiger partial charge in [-0.2, -0.15) is 18.2 Å². The highest BCUT2D eigenvalue weighted by Gasteiger charge is 2.34. The summed E-state index contributed by atoms with van der Waals surface area (Å²) in [5.41, 5.74) is 0.00476. The molecule has 2 heterocycles. The van der Waals surface area contributed by atoms with Crippen LogP contribution in [0.3, 0.4) is 0 Å². The van der Waals surface area contributed by atoms with Crippen molar-refractivity contribution in [2.75, 3.05) is 5.32 Å². The van der Waals surface area contributed by atoms with Crippen LogP contribution in [0.5, 0.6) is 0 Å². The number of alkyl halides is 4. The van der Waals surface area contributed by atoms with Crippen molar-refractivity contribution in [1.29, 1.82) is 0 Å². The standard InChI is InChI=1S/C16H11Cl2F4N5/c17-11-6-24-15(18)26-13(11)23-5-9-1-3-10(4-2-9)14-25-12(16(20,21)22)7-27(14)8-19/h1-4,6-7H,5,8H2,(H,23,24,26). The minimum Gasteiger partial charge on any atom is -0.365 e. The molecule has 0 fully saturated rings. The summed E-state index contributed by atoms with van der Waals surface area (Å²) < 4.78 is 52.2. The number of aromatic nitrogens is 4. The van der Waals surface area contributed by atoms with Gasteiger partial charge in [0.25, 0.3) is 0 Å². The van der Waals surface area contributed by atoms with E-state index in [0.717, 1.165) is 10.1 Å². The molecule has 1 aromatic carbocycles. The van der Waals surface area contributed by atoms with E-state index >= 15 is 0 Å². The second-order valence-corrected chi connectivity index (χ2v) is 6.17. The zero-order chi connectivity index (χ0) is 19.6. The van der Waals surface area contributed by atoms with Crippen molar-refractivity contribution in [2.24, 2.45) is 0 Å². The van der Waals surface area contributed by atoms with E-state index < -0.39 is 18.7 Å². The molecule has 0 saturated heterocycles. The van der Waals surface area contributed by atoms with Crippen LogP contribution in [0.2, 0.25) is 10.3 Å². The van der Waals surface area contributed by atoms with Crippen molar-refractivity contribution >= 4 is 29.0 Å². The lowest BCUT2D eigenvalue weighted by Gasteiger charge is -2.08. The van der Waals surface area contributed by atoms with E-state index in [-0.39, 0.29) is 11.1 Å². The molecule has 3 rings (SSSR count). The lowest BCUT2D eigenvalue weighted by Crippen LogP contribution is -2.05. The van der Waals surface area contributed by atoms with Crippen LogP contribution in [-0.4, -0.2) is 19.5 Å². The fourth-order valence-corrected chi connectivity index (χ4v) is 2.59. The van der Waals surface area contributed by atoms with Gasteiger partial charge in [0.1, 0.15) is 16.7 Å². The first-order chi connectivity index (χ1) is 12.8. The Labute approximate surface area is 161 Å². The number of halogens is 6. The van der Waals surface area contributed by atoms with Gasteiger partial charge in [-0.1, -0.05) is 35.9 Å². The van der Waals surface area contributed by atoms with Gasteiger partial charge in [0.2, 0.25) is 5.28 Å². The number of rotatable bonds is 5. The van der Waals surface area contributed by atoms with E-state index in [9.17, 15) is 17.6 Å². The number of hydrogen-bond acceptors (Lipinski definition) is 4. The van der Waals surface area contributed by atoms with Crippen molar-refractivity contribution in [2.45, 2.75) is 19.5 Å². The summed E-state index contributed by atoms with van der Waals surface area (Å²) in [5, 5.41) is 3.31. The summed E-state index contributed by atoms with van der Waals surface area (Å²) in [7, 11) is 0. The molecule has 0 atom stereocenters. The Hall–Kier alpha value is -2.39. The average molecular weight is 420 g/mol. The van der Waals surface area contributed by atoms with Gasteiger partial charge in [-0.15, -0.1) is 0 Å². The van der Waals surface area contributed by atoms with Gasteiger partial charge in [0.15, 0.2) is 12.5 Å². The molecule has 3 aromatic rings. The largest absolute Gasteiger partial charge is 0.434 e. The molecule has 5 nitrogen and oxygen atoms in total. The average Bonchev–Trinajstić information content (AvgIpc) is 3.08. The van der Waals surface area contributed by atoms with E-state index in [1.165, 1.54) is 6.20 Å². The Bertz CT molecular complexity index is 941.